The zero-order valence-electron chi connectivity index (χ0n) is 14.7. The third kappa shape index (κ3) is 2.77. The fourth-order valence-corrected chi connectivity index (χ4v) is 3.36. The van der Waals surface area contributed by atoms with Gasteiger partial charge >= 0.3 is 0 Å². The lowest BCUT2D eigenvalue weighted by atomic mass is 10.1. The Hall–Kier alpha value is -2.70. The highest BCUT2D eigenvalue weighted by Crippen LogP contribution is 2.45. The lowest BCUT2D eigenvalue weighted by molar-refractivity contribution is 0.102. The Kier molecular flexibility index (Phi) is 3.55. The summed E-state index contributed by atoms with van der Waals surface area (Å²) < 4.78 is 7.32. The zero-order valence-corrected chi connectivity index (χ0v) is 14.7. The van der Waals surface area contributed by atoms with Crippen LogP contribution < -0.4 is 5.32 Å². The largest absolute Gasteiger partial charge is 0.335 e. The van der Waals surface area contributed by atoms with E-state index >= 15 is 0 Å². The minimum Gasteiger partial charge on any atom is -0.335 e. The standard InChI is InChI=1S/C19H21N5O2/c1-2-8-24-9-7-15(22-24)21-18(25)13-10-14(11-3-4-11)20-19-16(13)17(23-26-19)12-5-6-12/h7,9-12H,2-6,8H2,1H3,(H,21,22,25). The molecule has 26 heavy (non-hydrogen) atoms. The molecule has 2 aliphatic carbocycles. The molecule has 2 aliphatic rings. The Morgan fingerprint density at radius 3 is 2.85 bits per heavy atom. The second kappa shape index (κ2) is 5.93. The lowest BCUT2D eigenvalue weighted by Gasteiger charge is -2.07. The average Bonchev–Trinajstić information content (AvgIpc) is 3.57. The summed E-state index contributed by atoms with van der Waals surface area (Å²) in [5.41, 5.74) is 2.89. The third-order valence-electron chi connectivity index (χ3n) is 5.03. The van der Waals surface area contributed by atoms with E-state index in [2.05, 4.69) is 27.5 Å². The first-order chi connectivity index (χ1) is 12.7. The van der Waals surface area contributed by atoms with Crippen molar-refractivity contribution < 1.29 is 9.32 Å². The van der Waals surface area contributed by atoms with Crippen LogP contribution in [0.25, 0.3) is 11.1 Å². The summed E-state index contributed by atoms with van der Waals surface area (Å²) in [5, 5.41) is 12.3. The maximum absolute atomic E-state index is 13.0. The van der Waals surface area contributed by atoms with Gasteiger partial charge in [0.15, 0.2) is 5.82 Å². The highest BCUT2D eigenvalue weighted by molar-refractivity contribution is 6.12. The van der Waals surface area contributed by atoms with Gasteiger partial charge in [0.25, 0.3) is 11.6 Å². The normalized spacial score (nSPS) is 17.0. The van der Waals surface area contributed by atoms with E-state index in [1.54, 1.807) is 0 Å². The number of nitrogens with one attached hydrogen (secondary N) is 1. The molecule has 7 nitrogen and oxygen atoms in total. The van der Waals surface area contributed by atoms with Crippen LogP contribution in [0.15, 0.2) is 22.9 Å². The van der Waals surface area contributed by atoms with Gasteiger partial charge in [-0.25, -0.2) is 4.98 Å². The molecule has 0 spiro atoms. The summed E-state index contributed by atoms with van der Waals surface area (Å²) in [6.45, 7) is 2.93. The highest BCUT2D eigenvalue weighted by atomic mass is 16.5. The molecule has 0 aromatic carbocycles. The number of amides is 1. The van der Waals surface area contributed by atoms with E-state index in [-0.39, 0.29) is 5.91 Å². The van der Waals surface area contributed by atoms with Crippen LogP contribution in [0.2, 0.25) is 0 Å². The number of rotatable bonds is 6. The fourth-order valence-electron chi connectivity index (χ4n) is 3.36. The minimum absolute atomic E-state index is 0.175. The van der Waals surface area contributed by atoms with Crippen molar-refractivity contribution in [2.45, 2.75) is 57.4 Å². The summed E-state index contributed by atoms with van der Waals surface area (Å²) in [6, 6.07) is 3.74. The summed E-state index contributed by atoms with van der Waals surface area (Å²) in [7, 11) is 0. The first-order valence-corrected chi connectivity index (χ1v) is 9.38. The Morgan fingerprint density at radius 2 is 2.12 bits per heavy atom. The average molecular weight is 351 g/mol. The molecule has 2 saturated carbocycles. The van der Waals surface area contributed by atoms with Gasteiger partial charge in [-0.15, -0.1) is 0 Å². The monoisotopic (exact) mass is 351 g/mol. The molecule has 1 N–H and O–H groups in total. The quantitative estimate of drug-likeness (QED) is 0.729. The van der Waals surface area contributed by atoms with Gasteiger partial charge in [0.1, 0.15) is 0 Å². The Balaban J connectivity index is 1.52. The number of hydrogen-bond acceptors (Lipinski definition) is 5. The number of carbonyl (C=O) groups is 1. The van der Waals surface area contributed by atoms with E-state index in [1.807, 2.05) is 23.0 Å². The molecule has 0 bridgehead atoms. The minimum atomic E-state index is -0.175. The molecular weight excluding hydrogens is 330 g/mol. The first-order valence-electron chi connectivity index (χ1n) is 9.38. The van der Waals surface area contributed by atoms with Gasteiger partial charge in [0.2, 0.25) is 0 Å². The van der Waals surface area contributed by atoms with Gasteiger partial charge in [0, 0.05) is 36.3 Å². The van der Waals surface area contributed by atoms with Crippen LogP contribution >= 0.6 is 0 Å². The molecule has 0 saturated heterocycles. The fraction of sp³-hybridized carbons (Fsp3) is 0.474. The van der Waals surface area contributed by atoms with Crippen molar-refractivity contribution in [1.82, 2.24) is 19.9 Å². The van der Waals surface area contributed by atoms with E-state index in [9.17, 15) is 4.79 Å². The number of nitrogens with zero attached hydrogens (tertiary/aromatic N) is 4. The lowest BCUT2D eigenvalue weighted by Crippen LogP contribution is -2.14. The molecule has 0 aliphatic heterocycles. The molecule has 0 atom stereocenters. The van der Waals surface area contributed by atoms with Crippen LogP contribution in [0.1, 0.15) is 72.6 Å². The molecule has 0 radical (unpaired) electrons. The van der Waals surface area contributed by atoms with Crippen LogP contribution in [-0.2, 0) is 6.54 Å². The molecule has 3 aromatic heterocycles. The second-order valence-electron chi connectivity index (χ2n) is 7.31. The van der Waals surface area contributed by atoms with Crippen LogP contribution in [0, 0.1) is 0 Å². The Labute approximate surface area is 150 Å². The first kappa shape index (κ1) is 15.5. The summed E-state index contributed by atoms with van der Waals surface area (Å²) in [6.07, 6.45) is 7.29. The van der Waals surface area contributed by atoms with E-state index in [4.69, 9.17) is 4.52 Å². The summed E-state index contributed by atoms with van der Waals surface area (Å²) >= 11 is 0. The molecule has 3 heterocycles. The van der Waals surface area contributed by atoms with E-state index in [0.29, 0.717) is 28.9 Å². The predicted molar refractivity (Wildman–Crippen MR) is 96.2 cm³/mol. The zero-order chi connectivity index (χ0) is 17.7. The van der Waals surface area contributed by atoms with Crippen molar-refractivity contribution >= 4 is 22.8 Å². The molecule has 1 amide bonds. The number of aryl methyl sites for hydroxylation is 1. The molecule has 134 valence electrons. The topological polar surface area (TPSA) is 85.8 Å². The van der Waals surface area contributed by atoms with Crippen molar-refractivity contribution in [3.8, 4) is 0 Å². The van der Waals surface area contributed by atoms with Gasteiger partial charge in [-0.2, -0.15) is 5.10 Å². The number of aromatic nitrogens is 4. The van der Waals surface area contributed by atoms with Gasteiger partial charge in [-0.1, -0.05) is 12.1 Å². The SMILES string of the molecule is CCCn1ccc(NC(=O)c2cc(C3CC3)nc3onc(C4CC4)c23)n1. The third-order valence-corrected chi connectivity index (χ3v) is 5.03. The van der Waals surface area contributed by atoms with Gasteiger partial charge in [-0.05, 0) is 38.2 Å². The number of hydrogen-bond donors (Lipinski definition) is 1. The van der Waals surface area contributed by atoms with Crippen LogP contribution in [0.5, 0.6) is 0 Å². The molecular formula is C19H21N5O2. The second-order valence-corrected chi connectivity index (χ2v) is 7.31. The Bertz CT molecular complexity index is 981. The van der Waals surface area contributed by atoms with Crippen molar-refractivity contribution in [3.05, 3.63) is 35.3 Å². The van der Waals surface area contributed by atoms with Crippen molar-refractivity contribution in [3.63, 3.8) is 0 Å². The molecule has 0 unspecified atom stereocenters. The van der Waals surface area contributed by atoms with E-state index in [1.165, 1.54) is 0 Å². The number of pyridine rings is 1. The van der Waals surface area contributed by atoms with Crippen LogP contribution in [-0.4, -0.2) is 25.8 Å². The summed E-state index contributed by atoms with van der Waals surface area (Å²) in [5.74, 6) is 1.21. The van der Waals surface area contributed by atoms with Gasteiger partial charge in [0.05, 0.1) is 16.6 Å². The van der Waals surface area contributed by atoms with Gasteiger partial charge in [-0.3, -0.25) is 9.48 Å². The van der Waals surface area contributed by atoms with Crippen molar-refractivity contribution in [2.75, 3.05) is 5.32 Å². The summed E-state index contributed by atoms with van der Waals surface area (Å²) in [4.78, 5) is 17.6. The van der Waals surface area contributed by atoms with Crippen LogP contribution in [0.4, 0.5) is 5.82 Å². The highest BCUT2D eigenvalue weighted by Gasteiger charge is 2.34. The number of anilines is 1. The molecule has 2 fully saturated rings. The molecule has 7 heteroatoms. The maximum Gasteiger partial charge on any atom is 0.259 e. The van der Waals surface area contributed by atoms with E-state index < -0.39 is 0 Å². The van der Waals surface area contributed by atoms with Crippen molar-refractivity contribution in [1.29, 1.82) is 0 Å². The van der Waals surface area contributed by atoms with Gasteiger partial charge < -0.3 is 9.84 Å². The molecule has 5 rings (SSSR count). The smallest absolute Gasteiger partial charge is 0.259 e. The van der Waals surface area contributed by atoms with Crippen molar-refractivity contribution in [2.24, 2.45) is 0 Å². The maximum atomic E-state index is 13.0. The number of fused-ring (bicyclic) bond motifs is 1. The van der Waals surface area contributed by atoms with E-state index in [0.717, 1.165) is 55.4 Å². The van der Waals surface area contributed by atoms with Crippen LogP contribution in [0.3, 0.4) is 0 Å². The predicted octanol–water partition coefficient (Wildman–Crippen LogP) is 3.84. The molecule has 3 aromatic rings. The Morgan fingerprint density at radius 1 is 1.31 bits per heavy atom. The number of carbonyl (C=O) groups excluding carboxylic acids is 1.